The number of benzene rings is 1. The summed E-state index contributed by atoms with van der Waals surface area (Å²) in [4.78, 5) is 0.318. The van der Waals surface area contributed by atoms with Crippen LogP contribution in [0.1, 0.15) is 25.0 Å². The Hall–Kier alpha value is -1.35. The molecule has 4 nitrogen and oxygen atoms in total. The molecule has 0 unspecified atom stereocenters. The molecule has 1 aromatic carbocycles. The topological polar surface area (TPSA) is 49.4 Å². The van der Waals surface area contributed by atoms with E-state index in [1.54, 1.807) is 13.0 Å². The van der Waals surface area contributed by atoms with E-state index in [1.807, 2.05) is 26.0 Å². The van der Waals surface area contributed by atoms with Gasteiger partial charge in [0, 0.05) is 19.6 Å². The van der Waals surface area contributed by atoms with Gasteiger partial charge >= 0.3 is 0 Å². The smallest absolute Gasteiger partial charge is 0.243 e. The van der Waals surface area contributed by atoms with E-state index in [9.17, 15) is 8.42 Å². The molecule has 0 saturated carbocycles. The number of terminal acetylenes is 1. The minimum Gasteiger partial charge on any atom is -0.310 e. The third-order valence-corrected chi connectivity index (χ3v) is 4.91. The van der Waals surface area contributed by atoms with Crippen molar-refractivity contribution >= 4 is 10.0 Å². The molecule has 0 aliphatic rings. The molecule has 0 spiro atoms. The highest BCUT2D eigenvalue weighted by atomic mass is 32.2. The Labute approximate surface area is 122 Å². The van der Waals surface area contributed by atoms with Gasteiger partial charge in [-0.15, -0.1) is 6.42 Å². The first-order valence-corrected chi connectivity index (χ1v) is 7.95. The number of rotatable bonds is 6. The number of nitrogens with zero attached hydrogens (tertiary/aromatic N) is 1. The van der Waals surface area contributed by atoms with Gasteiger partial charge in [0.15, 0.2) is 0 Å². The SMILES string of the molecule is C#CCN(C)S(=O)(=O)c1cc(CNC(C)C)ccc1C. The number of hydrogen-bond acceptors (Lipinski definition) is 3. The predicted octanol–water partition coefficient (Wildman–Crippen LogP) is 1.75. The van der Waals surface area contributed by atoms with Gasteiger partial charge < -0.3 is 5.32 Å². The molecular weight excluding hydrogens is 272 g/mol. The highest BCUT2D eigenvalue weighted by molar-refractivity contribution is 7.89. The molecule has 1 aromatic rings. The van der Waals surface area contributed by atoms with E-state index in [-0.39, 0.29) is 6.54 Å². The second kappa shape index (κ2) is 6.89. The summed E-state index contributed by atoms with van der Waals surface area (Å²) < 4.78 is 26.1. The minimum atomic E-state index is -3.53. The fourth-order valence-corrected chi connectivity index (χ4v) is 3.09. The first-order valence-electron chi connectivity index (χ1n) is 6.51. The lowest BCUT2D eigenvalue weighted by Gasteiger charge is -2.17. The van der Waals surface area contributed by atoms with Crippen LogP contribution in [-0.2, 0) is 16.6 Å². The van der Waals surface area contributed by atoms with Crippen molar-refractivity contribution in [2.24, 2.45) is 0 Å². The summed E-state index contributed by atoms with van der Waals surface area (Å²) in [6.45, 7) is 6.59. The van der Waals surface area contributed by atoms with Crippen LogP contribution in [-0.4, -0.2) is 32.4 Å². The first kappa shape index (κ1) is 16.7. The molecule has 1 N–H and O–H groups in total. The van der Waals surface area contributed by atoms with Crippen LogP contribution in [0.25, 0.3) is 0 Å². The molecule has 0 heterocycles. The van der Waals surface area contributed by atoms with Crippen LogP contribution in [0, 0.1) is 19.3 Å². The molecule has 1 rings (SSSR count). The third kappa shape index (κ3) is 4.07. The maximum atomic E-state index is 12.4. The molecule has 0 saturated heterocycles. The van der Waals surface area contributed by atoms with Crippen molar-refractivity contribution in [2.45, 2.75) is 38.3 Å². The average Bonchev–Trinajstić information content (AvgIpc) is 2.37. The molecule has 0 bridgehead atoms. The van der Waals surface area contributed by atoms with Gasteiger partial charge in [0.1, 0.15) is 0 Å². The summed E-state index contributed by atoms with van der Waals surface area (Å²) in [5.74, 6) is 2.35. The summed E-state index contributed by atoms with van der Waals surface area (Å²) >= 11 is 0. The maximum absolute atomic E-state index is 12.4. The van der Waals surface area contributed by atoms with Crippen molar-refractivity contribution in [1.29, 1.82) is 0 Å². The number of nitrogens with one attached hydrogen (secondary N) is 1. The molecule has 20 heavy (non-hydrogen) atoms. The second-order valence-electron chi connectivity index (χ2n) is 5.10. The lowest BCUT2D eigenvalue weighted by molar-refractivity contribution is 0.502. The molecule has 110 valence electrons. The minimum absolute atomic E-state index is 0.0657. The normalized spacial score (nSPS) is 11.8. The van der Waals surface area contributed by atoms with Crippen LogP contribution in [0.5, 0.6) is 0 Å². The summed E-state index contributed by atoms with van der Waals surface area (Å²) in [7, 11) is -2.04. The van der Waals surface area contributed by atoms with Crippen molar-refractivity contribution in [3.8, 4) is 12.3 Å². The fourth-order valence-electron chi connectivity index (χ4n) is 1.74. The first-order chi connectivity index (χ1) is 9.28. The Morgan fingerprint density at radius 3 is 2.60 bits per heavy atom. The van der Waals surface area contributed by atoms with E-state index < -0.39 is 10.0 Å². The van der Waals surface area contributed by atoms with Crippen molar-refractivity contribution in [3.05, 3.63) is 29.3 Å². The summed E-state index contributed by atoms with van der Waals surface area (Å²) in [6, 6.07) is 5.83. The number of sulfonamides is 1. The van der Waals surface area contributed by atoms with E-state index in [4.69, 9.17) is 6.42 Å². The Bertz CT molecular complexity index is 601. The Morgan fingerprint density at radius 1 is 1.40 bits per heavy atom. The van der Waals surface area contributed by atoms with Gasteiger partial charge in [0.05, 0.1) is 11.4 Å². The largest absolute Gasteiger partial charge is 0.310 e. The van der Waals surface area contributed by atoms with Gasteiger partial charge in [0.2, 0.25) is 10.0 Å². The van der Waals surface area contributed by atoms with Crippen molar-refractivity contribution in [1.82, 2.24) is 9.62 Å². The van der Waals surface area contributed by atoms with Crippen LogP contribution in [0.15, 0.2) is 23.1 Å². The summed E-state index contributed by atoms with van der Waals surface area (Å²) in [5, 5.41) is 3.27. The van der Waals surface area contributed by atoms with Gasteiger partial charge in [-0.1, -0.05) is 31.9 Å². The van der Waals surface area contributed by atoms with Gasteiger partial charge in [-0.25, -0.2) is 8.42 Å². The zero-order valence-corrected chi connectivity index (χ0v) is 13.3. The molecule has 0 amide bonds. The molecular formula is C15H22N2O2S. The van der Waals surface area contributed by atoms with Crippen LogP contribution in [0.3, 0.4) is 0 Å². The van der Waals surface area contributed by atoms with E-state index in [0.29, 0.717) is 17.5 Å². The standard InChI is InChI=1S/C15H22N2O2S/c1-6-9-17(5)20(18,19)15-10-14(8-7-13(15)4)11-16-12(2)3/h1,7-8,10,12,16H,9,11H2,2-5H3. The maximum Gasteiger partial charge on any atom is 0.243 e. The van der Waals surface area contributed by atoms with Crippen LogP contribution < -0.4 is 5.32 Å². The third-order valence-electron chi connectivity index (χ3n) is 2.97. The van der Waals surface area contributed by atoms with Crippen molar-refractivity contribution in [2.75, 3.05) is 13.6 Å². The average molecular weight is 294 g/mol. The van der Waals surface area contributed by atoms with Crippen molar-refractivity contribution < 1.29 is 8.42 Å². The number of aryl methyl sites for hydroxylation is 1. The molecule has 0 fully saturated rings. The fraction of sp³-hybridized carbons (Fsp3) is 0.467. The predicted molar refractivity (Wildman–Crippen MR) is 81.8 cm³/mol. The van der Waals surface area contributed by atoms with Gasteiger partial charge in [-0.05, 0) is 24.1 Å². The van der Waals surface area contributed by atoms with E-state index in [0.717, 1.165) is 11.1 Å². The molecule has 0 aliphatic heterocycles. The van der Waals surface area contributed by atoms with E-state index in [2.05, 4.69) is 11.2 Å². The van der Waals surface area contributed by atoms with Gasteiger partial charge in [-0.3, -0.25) is 0 Å². The number of hydrogen-bond donors (Lipinski definition) is 1. The second-order valence-corrected chi connectivity index (χ2v) is 7.11. The summed E-state index contributed by atoms with van der Waals surface area (Å²) in [6.07, 6.45) is 5.19. The Balaban J connectivity index is 3.11. The Morgan fingerprint density at radius 2 is 2.05 bits per heavy atom. The molecule has 0 aliphatic carbocycles. The lowest BCUT2D eigenvalue weighted by Crippen LogP contribution is -2.28. The monoisotopic (exact) mass is 294 g/mol. The highest BCUT2D eigenvalue weighted by Crippen LogP contribution is 2.20. The molecule has 5 heteroatoms. The zero-order valence-electron chi connectivity index (χ0n) is 12.5. The van der Waals surface area contributed by atoms with Crippen molar-refractivity contribution in [3.63, 3.8) is 0 Å². The van der Waals surface area contributed by atoms with Crippen LogP contribution in [0.2, 0.25) is 0 Å². The molecule has 0 atom stereocenters. The van der Waals surface area contributed by atoms with Gasteiger partial charge in [0.25, 0.3) is 0 Å². The highest BCUT2D eigenvalue weighted by Gasteiger charge is 2.22. The van der Waals surface area contributed by atoms with Gasteiger partial charge in [-0.2, -0.15) is 4.31 Å². The summed E-state index contributed by atoms with van der Waals surface area (Å²) in [5.41, 5.74) is 1.67. The quantitative estimate of drug-likeness (QED) is 0.813. The van der Waals surface area contributed by atoms with E-state index >= 15 is 0 Å². The zero-order chi connectivity index (χ0) is 15.3. The lowest BCUT2D eigenvalue weighted by atomic mass is 10.1. The molecule has 0 radical (unpaired) electrons. The van der Waals surface area contributed by atoms with E-state index in [1.165, 1.54) is 11.4 Å². The van der Waals surface area contributed by atoms with Crippen LogP contribution >= 0.6 is 0 Å². The Kier molecular flexibility index (Phi) is 5.75. The molecule has 0 aromatic heterocycles. The van der Waals surface area contributed by atoms with Crippen LogP contribution in [0.4, 0.5) is 0 Å².